The number of nitrogens with zero attached hydrogens (tertiary/aromatic N) is 3. The first-order valence-corrected chi connectivity index (χ1v) is 10.5. The second kappa shape index (κ2) is 8.37. The smallest absolute Gasteiger partial charge is 0.265 e. The van der Waals surface area contributed by atoms with E-state index >= 15 is 0 Å². The maximum absolute atomic E-state index is 13.4. The number of amides is 1. The van der Waals surface area contributed by atoms with Crippen LogP contribution in [0.2, 0.25) is 5.02 Å². The standard InChI is InChI=1S/C23H24ClN3O2/c1-2-19-7-3-4-13-26(19)22(28)20-14-17-6-5-12-25-21(17)27(23(20)29)15-16-8-10-18(24)11-9-16/h5-6,8-12,14,19H,2-4,7,13,15H2,1H3/t19-/m0/s1. The lowest BCUT2D eigenvalue weighted by Gasteiger charge is -2.35. The van der Waals surface area contributed by atoms with Crippen molar-refractivity contribution in [3.63, 3.8) is 0 Å². The van der Waals surface area contributed by atoms with Crippen LogP contribution < -0.4 is 5.56 Å². The van der Waals surface area contributed by atoms with Gasteiger partial charge in [0.15, 0.2) is 0 Å². The van der Waals surface area contributed by atoms with Crippen LogP contribution in [-0.4, -0.2) is 32.9 Å². The number of rotatable bonds is 4. The molecule has 0 bridgehead atoms. The number of aromatic nitrogens is 2. The van der Waals surface area contributed by atoms with Gasteiger partial charge in [0.25, 0.3) is 11.5 Å². The number of fused-ring (bicyclic) bond motifs is 1. The molecule has 150 valence electrons. The first-order valence-electron chi connectivity index (χ1n) is 10.1. The van der Waals surface area contributed by atoms with Crippen molar-refractivity contribution in [2.24, 2.45) is 0 Å². The molecule has 1 aromatic carbocycles. The first-order chi connectivity index (χ1) is 14.1. The molecule has 0 N–H and O–H groups in total. The molecular weight excluding hydrogens is 386 g/mol. The quantitative estimate of drug-likeness (QED) is 0.637. The van der Waals surface area contributed by atoms with E-state index in [0.717, 1.165) is 36.6 Å². The highest BCUT2D eigenvalue weighted by molar-refractivity contribution is 6.30. The van der Waals surface area contributed by atoms with E-state index in [9.17, 15) is 9.59 Å². The molecule has 4 rings (SSSR count). The van der Waals surface area contributed by atoms with Gasteiger partial charge in [0.05, 0.1) is 6.54 Å². The van der Waals surface area contributed by atoms with Crippen LogP contribution in [-0.2, 0) is 6.54 Å². The fourth-order valence-electron chi connectivity index (χ4n) is 4.13. The summed E-state index contributed by atoms with van der Waals surface area (Å²) in [6.07, 6.45) is 5.68. The van der Waals surface area contributed by atoms with Crippen LogP contribution in [0.15, 0.2) is 53.5 Å². The van der Waals surface area contributed by atoms with Crippen LogP contribution in [0, 0.1) is 0 Å². The Morgan fingerprint density at radius 2 is 2.00 bits per heavy atom. The molecule has 1 atom stereocenters. The number of hydrogen-bond donors (Lipinski definition) is 0. The zero-order valence-electron chi connectivity index (χ0n) is 16.5. The van der Waals surface area contributed by atoms with Crippen LogP contribution in [0.3, 0.4) is 0 Å². The summed E-state index contributed by atoms with van der Waals surface area (Å²) in [6.45, 7) is 3.14. The summed E-state index contributed by atoms with van der Waals surface area (Å²) in [5.41, 5.74) is 1.43. The van der Waals surface area contributed by atoms with E-state index in [1.165, 1.54) is 0 Å². The second-order valence-corrected chi connectivity index (χ2v) is 7.98. The molecule has 0 unspecified atom stereocenters. The van der Waals surface area contributed by atoms with Crippen molar-refractivity contribution in [2.45, 2.75) is 45.2 Å². The Labute approximate surface area is 174 Å². The molecule has 1 aliphatic heterocycles. The Kier molecular flexibility index (Phi) is 5.67. The first kappa shape index (κ1) is 19.6. The summed E-state index contributed by atoms with van der Waals surface area (Å²) in [7, 11) is 0. The third-order valence-corrected chi connectivity index (χ3v) is 5.94. The van der Waals surface area contributed by atoms with E-state index in [4.69, 9.17) is 11.6 Å². The summed E-state index contributed by atoms with van der Waals surface area (Å²) < 4.78 is 1.59. The largest absolute Gasteiger partial charge is 0.336 e. The fraction of sp³-hybridized carbons (Fsp3) is 0.348. The van der Waals surface area contributed by atoms with Gasteiger partial charge >= 0.3 is 0 Å². The van der Waals surface area contributed by atoms with Gasteiger partial charge in [-0.25, -0.2) is 4.98 Å². The average molecular weight is 410 g/mol. The minimum Gasteiger partial charge on any atom is -0.336 e. The van der Waals surface area contributed by atoms with Crippen molar-refractivity contribution in [1.82, 2.24) is 14.5 Å². The zero-order chi connectivity index (χ0) is 20.4. The Hall–Kier alpha value is -2.66. The third-order valence-electron chi connectivity index (χ3n) is 5.69. The van der Waals surface area contributed by atoms with Gasteiger partial charge in [-0.3, -0.25) is 14.2 Å². The van der Waals surface area contributed by atoms with E-state index in [0.29, 0.717) is 23.8 Å². The number of halogens is 1. The van der Waals surface area contributed by atoms with Gasteiger partial charge in [0.1, 0.15) is 11.2 Å². The van der Waals surface area contributed by atoms with Gasteiger partial charge in [-0.2, -0.15) is 0 Å². The van der Waals surface area contributed by atoms with Crippen LogP contribution in [0.5, 0.6) is 0 Å². The second-order valence-electron chi connectivity index (χ2n) is 7.55. The van der Waals surface area contributed by atoms with Crippen LogP contribution in [0.1, 0.15) is 48.5 Å². The molecule has 1 amide bonds. The van der Waals surface area contributed by atoms with E-state index in [2.05, 4.69) is 11.9 Å². The molecule has 29 heavy (non-hydrogen) atoms. The van der Waals surface area contributed by atoms with Crippen molar-refractivity contribution in [1.29, 1.82) is 0 Å². The monoisotopic (exact) mass is 409 g/mol. The molecule has 1 saturated heterocycles. The number of hydrogen-bond acceptors (Lipinski definition) is 3. The number of carbonyl (C=O) groups excluding carboxylic acids is 1. The van der Waals surface area contributed by atoms with Crippen LogP contribution in [0.4, 0.5) is 0 Å². The van der Waals surface area contributed by atoms with Gasteiger partial charge in [0, 0.05) is 29.2 Å². The molecule has 0 radical (unpaired) electrons. The Bertz CT molecular complexity index is 1090. The lowest BCUT2D eigenvalue weighted by molar-refractivity contribution is 0.0606. The topological polar surface area (TPSA) is 55.2 Å². The molecule has 0 aliphatic carbocycles. The minimum absolute atomic E-state index is 0.169. The third kappa shape index (κ3) is 3.92. The molecule has 5 nitrogen and oxygen atoms in total. The summed E-state index contributed by atoms with van der Waals surface area (Å²) in [6, 6.07) is 13.0. The lowest BCUT2D eigenvalue weighted by atomic mass is 9.99. The van der Waals surface area contributed by atoms with Crippen molar-refractivity contribution in [3.05, 3.63) is 75.2 Å². The van der Waals surface area contributed by atoms with E-state index in [-0.39, 0.29) is 23.1 Å². The molecule has 0 spiro atoms. The predicted molar refractivity (Wildman–Crippen MR) is 116 cm³/mol. The molecule has 3 heterocycles. The Morgan fingerprint density at radius 1 is 1.21 bits per heavy atom. The normalized spacial score (nSPS) is 16.9. The van der Waals surface area contributed by atoms with Crippen LogP contribution >= 0.6 is 11.6 Å². The van der Waals surface area contributed by atoms with E-state index in [1.54, 1.807) is 29.0 Å². The number of benzene rings is 1. The van der Waals surface area contributed by atoms with Crippen LogP contribution in [0.25, 0.3) is 11.0 Å². The average Bonchev–Trinajstić information content (AvgIpc) is 2.76. The molecule has 3 aromatic rings. The maximum Gasteiger partial charge on any atom is 0.265 e. The highest BCUT2D eigenvalue weighted by Crippen LogP contribution is 2.22. The molecule has 6 heteroatoms. The van der Waals surface area contributed by atoms with Gasteiger partial charge in [0.2, 0.25) is 0 Å². The lowest BCUT2D eigenvalue weighted by Crippen LogP contribution is -2.45. The molecular formula is C23H24ClN3O2. The molecule has 2 aromatic heterocycles. The summed E-state index contributed by atoms with van der Waals surface area (Å²) in [4.78, 5) is 33.0. The van der Waals surface area contributed by atoms with Crippen molar-refractivity contribution >= 4 is 28.5 Å². The molecule has 1 fully saturated rings. The summed E-state index contributed by atoms with van der Waals surface area (Å²) in [5, 5.41) is 1.43. The highest BCUT2D eigenvalue weighted by Gasteiger charge is 2.28. The summed E-state index contributed by atoms with van der Waals surface area (Å²) >= 11 is 5.99. The number of carbonyl (C=O) groups is 1. The summed E-state index contributed by atoms with van der Waals surface area (Å²) in [5.74, 6) is -0.169. The van der Waals surface area contributed by atoms with Gasteiger partial charge in [-0.1, -0.05) is 30.7 Å². The van der Waals surface area contributed by atoms with Gasteiger partial charge < -0.3 is 4.90 Å². The van der Waals surface area contributed by atoms with Crippen molar-refractivity contribution < 1.29 is 4.79 Å². The van der Waals surface area contributed by atoms with E-state index < -0.39 is 0 Å². The Balaban J connectivity index is 1.81. The minimum atomic E-state index is -0.295. The Morgan fingerprint density at radius 3 is 2.76 bits per heavy atom. The number of likely N-dealkylation sites (tertiary alicyclic amines) is 1. The van der Waals surface area contributed by atoms with Gasteiger partial charge in [-0.15, -0.1) is 0 Å². The van der Waals surface area contributed by atoms with Gasteiger partial charge in [-0.05, 0) is 61.6 Å². The van der Waals surface area contributed by atoms with Crippen molar-refractivity contribution in [2.75, 3.05) is 6.54 Å². The van der Waals surface area contributed by atoms with E-state index in [1.807, 2.05) is 29.2 Å². The molecule has 1 aliphatic rings. The van der Waals surface area contributed by atoms with Crippen molar-refractivity contribution in [3.8, 4) is 0 Å². The zero-order valence-corrected chi connectivity index (χ0v) is 17.2. The predicted octanol–water partition coefficient (Wildman–Crippen LogP) is 4.50. The number of pyridine rings is 2. The number of piperidine rings is 1. The maximum atomic E-state index is 13.4. The fourth-order valence-corrected chi connectivity index (χ4v) is 4.25. The molecule has 0 saturated carbocycles. The SMILES string of the molecule is CC[C@H]1CCCCN1C(=O)c1cc2cccnc2n(Cc2ccc(Cl)cc2)c1=O. The highest BCUT2D eigenvalue weighted by atomic mass is 35.5.